The highest BCUT2D eigenvalue weighted by atomic mass is 79.9. The smallest absolute Gasteiger partial charge is 0.166 e. The quantitative estimate of drug-likeness (QED) is 0.774. The van der Waals surface area contributed by atoms with E-state index in [0.717, 1.165) is 6.42 Å². The Morgan fingerprint density at radius 3 is 2.65 bits per heavy atom. The number of benzene rings is 1. The highest BCUT2D eigenvalue weighted by molar-refractivity contribution is 9.10. The SMILES string of the molecule is CS(=O)(=O)C1CCCC(C(=O)c2ccc(F)c(Br)c2)C1. The van der Waals surface area contributed by atoms with Crippen molar-refractivity contribution >= 4 is 31.6 Å². The Bertz CT molecular complexity index is 627. The molecule has 1 aliphatic rings. The van der Waals surface area contributed by atoms with Gasteiger partial charge >= 0.3 is 0 Å². The molecule has 1 saturated carbocycles. The number of rotatable bonds is 3. The molecule has 0 aliphatic heterocycles. The van der Waals surface area contributed by atoms with Crippen molar-refractivity contribution in [2.24, 2.45) is 5.92 Å². The van der Waals surface area contributed by atoms with Gasteiger partial charge in [0.25, 0.3) is 0 Å². The van der Waals surface area contributed by atoms with Gasteiger partial charge in [-0.3, -0.25) is 4.79 Å². The number of halogens is 2. The standard InChI is InChI=1S/C14H16BrFO3S/c1-20(18,19)11-4-2-3-9(7-11)14(17)10-5-6-13(16)12(15)8-10/h5-6,8-9,11H,2-4,7H2,1H3. The predicted octanol–water partition coefficient (Wildman–Crippen LogP) is 3.37. The number of carbonyl (C=O) groups is 1. The number of carbonyl (C=O) groups excluding carboxylic acids is 1. The van der Waals surface area contributed by atoms with Crippen molar-refractivity contribution in [2.75, 3.05) is 6.26 Å². The van der Waals surface area contributed by atoms with E-state index in [0.29, 0.717) is 24.8 Å². The van der Waals surface area contributed by atoms with Crippen LogP contribution in [0.25, 0.3) is 0 Å². The Hall–Kier alpha value is -0.750. The second-order valence-corrected chi connectivity index (χ2v) is 8.49. The topological polar surface area (TPSA) is 51.2 Å². The first-order chi connectivity index (χ1) is 9.29. The summed E-state index contributed by atoms with van der Waals surface area (Å²) in [5.74, 6) is -0.806. The van der Waals surface area contributed by atoms with Crippen LogP contribution in [0.1, 0.15) is 36.0 Å². The summed E-state index contributed by atoms with van der Waals surface area (Å²) in [5.41, 5.74) is 0.428. The Morgan fingerprint density at radius 1 is 1.35 bits per heavy atom. The van der Waals surface area contributed by atoms with Crippen molar-refractivity contribution in [1.29, 1.82) is 0 Å². The molecule has 1 aliphatic carbocycles. The average Bonchev–Trinajstić information content (AvgIpc) is 2.40. The summed E-state index contributed by atoms with van der Waals surface area (Å²) in [5, 5.41) is -0.436. The first-order valence-corrected chi connectivity index (χ1v) is 9.22. The fourth-order valence-electron chi connectivity index (χ4n) is 2.66. The number of hydrogen-bond acceptors (Lipinski definition) is 3. The van der Waals surface area contributed by atoms with Gasteiger partial charge in [-0.25, -0.2) is 12.8 Å². The van der Waals surface area contributed by atoms with E-state index < -0.39 is 20.9 Å². The molecule has 0 amide bonds. The van der Waals surface area contributed by atoms with Crippen LogP contribution in [0, 0.1) is 11.7 Å². The number of Topliss-reactive ketones (excluding diaryl/α,β-unsaturated/α-hetero) is 1. The minimum absolute atomic E-state index is 0.0981. The van der Waals surface area contributed by atoms with Crippen LogP contribution in [0.5, 0.6) is 0 Å². The van der Waals surface area contributed by atoms with E-state index in [4.69, 9.17) is 0 Å². The summed E-state index contributed by atoms with van der Waals surface area (Å²) < 4.78 is 36.7. The molecule has 20 heavy (non-hydrogen) atoms. The van der Waals surface area contributed by atoms with Crippen molar-refractivity contribution in [3.63, 3.8) is 0 Å². The lowest BCUT2D eigenvalue weighted by atomic mass is 9.83. The molecule has 1 aromatic carbocycles. The lowest BCUT2D eigenvalue weighted by Crippen LogP contribution is -2.31. The maximum atomic E-state index is 13.2. The van der Waals surface area contributed by atoms with Crippen molar-refractivity contribution in [3.05, 3.63) is 34.1 Å². The van der Waals surface area contributed by atoms with E-state index in [9.17, 15) is 17.6 Å². The summed E-state index contributed by atoms with van der Waals surface area (Å²) in [6.07, 6.45) is 3.64. The van der Waals surface area contributed by atoms with Gasteiger partial charge in [0, 0.05) is 17.7 Å². The van der Waals surface area contributed by atoms with E-state index >= 15 is 0 Å². The molecule has 1 aromatic rings. The van der Waals surface area contributed by atoms with Crippen molar-refractivity contribution in [2.45, 2.75) is 30.9 Å². The molecular formula is C14H16BrFO3S. The molecule has 1 fully saturated rings. The Kier molecular flexibility index (Phi) is 4.64. The van der Waals surface area contributed by atoms with Crippen molar-refractivity contribution in [3.8, 4) is 0 Å². The molecule has 3 nitrogen and oxygen atoms in total. The Morgan fingerprint density at radius 2 is 2.05 bits per heavy atom. The molecule has 2 rings (SSSR count). The normalized spacial score (nSPS) is 23.6. The fourth-order valence-corrected chi connectivity index (χ4v) is 4.21. The molecule has 0 spiro atoms. The van der Waals surface area contributed by atoms with Crippen LogP contribution in [0.4, 0.5) is 4.39 Å². The lowest BCUT2D eigenvalue weighted by Gasteiger charge is -2.27. The monoisotopic (exact) mass is 362 g/mol. The van der Waals surface area contributed by atoms with E-state index in [1.807, 2.05) is 0 Å². The highest BCUT2D eigenvalue weighted by Gasteiger charge is 2.32. The second kappa shape index (κ2) is 5.93. The van der Waals surface area contributed by atoms with Crippen molar-refractivity contribution in [1.82, 2.24) is 0 Å². The highest BCUT2D eigenvalue weighted by Crippen LogP contribution is 2.31. The molecule has 2 atom stereocenters. The predicted molar refractivity (Wildman–Crippen MR) is 79.0 cm³/mol. The Labute approximate surface area is 126 Å². The molecule has 2 unspecified atom stereocenters. The molecular weight excluding hydrogens is 347 g/mol. The van der Waals surface area contributed by atoms with Gasteiger partial charge in [-0.05, 0) is 53.4 Å². The zero-order valence-corrected chi connectivity index (χ0v) is 13.5. The third-order valence-electron chi connectivity index (χ3n) is 3.81. The van der Waals surface area contributed by atoms with E-state index in [-0.39, 0.29) is 16.2 Å². The molecule has 110 valence electrons. The summed E-state index contributed by atoms with van der Waals surface area (Å²) in [7, 11) is -3.11. The van der Waals surface area contributed by atoms with Crippen LogP contribution in [0.15, 0.2) is 22.7 Å². The molecule has 0 saturated heterocycles. The van der Waals surface area contributed by atoms with Gasteiger partial charge in [0.05, 0.1) is 9.72 Å². The number of hydrogen-bond donors (Lipinski definition) is 0. The van der Waals surface area contributed by atoms with Gasteiger partial charge in [0.2, 0.25) is 0 Å². The molecule has 0 radical (unpaired) electrons. The van der Waals surface area contributed by atoms with Crippen LogP contribution >= 0.6 is 15.9 Å². The minimum atomic E-state index is -3.11. The third kappa shape index (κ3) is 3.47. The first kappa shape index (κ1) is 15.6. The van der Waals surface area contributed by atoms with E-state index in [2.05, 4.69) is 15.9 Å². The number of sulfone groups is 1. The Balaban J connectivity index is 2.18. The van der Waals surface area contributed by atoms with Crippen molar-refractivity contribution < 1.29 is 17.6 Å². The third-order valence-corrected chi connectivity index (χ3v) is 6.05. The van der Waals surface area contributed by atoms with Gasteiger partial charge in [-0.2, -0.15) is 0 Å². The first-order valence-electron chi connectivity index (χ1n) is 6.47. The zero-order chi connectivity index (χ0) is 14.9. The molecule has 0 heterocycles. The van der Waals surface area contributed by atoms with Gasteiger partial charge in [0.15, 0.2) is 5.78 Å². The minimum Gasteiger partial charge on any atom is -0.294 e. The molecule has 0 aromatic heterocycles. The zero-order valence-electron chi connectivity index (χ0n) is 11.1. The van der Waals surface area contributed by atoms with Crippen LogP contribution in [-0.4, -0.2) is 25.7 Å². The largest absolute Gasteiger partial charge is 0.294 e. The van der Waals surface area contributed by atoms with E-state index in [1.54, 1.807) is 0 Å². The van der Waals surface area contributed by atoms with Crippen LogP contribution in [-0.2, 0) is 9.84 Å². The number of ketones is 1. The lowest BCUT2D eigenvalue weighted by molar-refractivity contribution is 0.0891. The molecule has 6 heteroatoms. The molecule has 0 N–H and O–H groups in total. The fraction of sp³-hybridized carbons (Fsp3) is 0.500. The summed E-state index contributed by atoms with van der Waals surface area (Å²) >= 11 is 3.06. The second-order valence-electron chi connectivity index (χ2n) is 5.31. The summed E-state index contributed by atoms with van der Waals surface area (Å²) in [6, 6.07) is 4.16. The van der Waals surface area contributed by atoms with Gasteiger partial charge < -0.3 is 0 Å². The maximum Gasteiger partial charge on any atom is 0.166 e. The van der Waals surface area contributed by atoms with Gasteiger partial charge in [-0.15, -0.1) is 0 Å². The van der Waals surface area contributed by atoms with Crippen LogP contribution in [0.2, 0.25) is 0 Å². The van der Waals surface area contributed by atoms with Crippen LogP contribution < -0.4 is 0 Å². The average molecular weight is 363 g/mol. The molecule has 0 bridgehead atoms. The van der Waals surface area contributed by atoms with Crippen LogP contribution in [0.3, 0.4) is 0 Å². The van der Waals surface area contributed by atoms with E-state index in [1.165, 1.54) is 24.5 Å². The maximum absolute atomic E-state index is 13.2. The van der Waals surface area contributed by atoms with Gasteiger partial charge in [-0.1, -0.05) is 6.42 Å². The van der Waals surface area contributed by atoms with Gasteiger partial charge in [0.1, 0.15) is 15.7 Å². The summed E-state index contributed by atoms with van der Waals surface area (Å²) in [4.78, 5) is 12.4. The summed E-state index contributed by atoms with van der Waals surface area (Å²) in [6.45, 7) is 0.